The minimum absolute atomic E-state index is 0.359. The van der Waals surface area contributed by atoms with Crippen LogP contribution >= 0.6 is 11.8 Å². The molecule has 1 unspecified atom stereocenters. The summed E-state index contributed by atoms with van der Waals surface area (Å²) in [5.41, 5.74) is 0. The molecule has 0 aromatic rings. The van der Waals surface area contributed by atoms with Crippen molar-refractivity contribution in [3.05, 3.63) is 11.0 Å². The van der Waals surface area contributed by atoms with E-state index in [9.17, 15) is 0 Å². The lowest BCUT2D eigenvalue weighted by atomic mass is 9.95. The second kappa shape index (κ2) is 4.04. The molecule has 1 atom stereocenters. The molecule has 0 fully saturated rings. The third-order valence-corrected chi connectivity index (χ3v) is 2.89. The van der Waals surface area contributed by atoms with Gasteiger partial charge in [0.2, 0.25) is 0 Å². The number of rotatable bonds is 2. The largest absolute Gasteiger partial charge is 0.396 e. The average molecular weight is 158 g/mol. The second-order valence-electron chi connectivity index (χ2n) is 2.70. The van der Waals surface area contributed by atoms with Gasteiger partial charge in [-0.1, -0.05) is 6.08 Å². The Balaban J connectivity index is 2.36. The molecule has 0 bridgehead atoms. The van der Waals surface area contributed by atoms with Gasteiger partial charge in [-0.05, 0) is 36.3 Å². The van der Waals surface area contributed by atoms with Crippen LogP contribution in [-0.4, -0.2) is 18.0 Å². The fraction of sp³-hybridized carbons (Fsp3) is 0.750. The van der Waals surface area contributed by atoms with Crippen LogP contribution in [0.4, 0.5) is 0 Å². The van der Waals surface area contributed by atoms with E-state index in [-0.39, 0.29) is 0 Å². The molecule has 0 aromatic heterocycles. The molecule has 0 amide bonds. The second-order valence-corrected chi connectivity index (χ2v) is 3.63. The molecule has 0 spiro atoms. The molecule has 0 radical (unpaired) electrons. The monoisotopic (exact) mass is 158 g/mol. The van der Waals surface area contributed by atoms with E-state index in [0.29, 0.717) is 12.5 Å². The fourth-order valence-electron chi connectivity index (χ4n) is 1.22. The van der Waals surface area contributed by atoms with Gasteiger partial charge in [0.1, 0.15) is 0 Å². The summed E-state index contributed by atoms with van der Waals surface area (Å²) in [5, 5.41) is 8.81. The van der Waals surface area contributed by atoms with Crippen molar-refractivity contribution in [3.8, 4) is 0 Å². The van der Waals surface area contributed by atoms with Gasteiger partial charge in [0.05, 0.1) is 0 Å². The van der Waals surface area contributed by atoms with Crippen LogP contribution in [0.5, 0.6) is 0 Å². The quantitative estimate of drug-likeness (QED) is 0.663. The molecule has 58 valence electrons. The zero-order valence-electron chi connectivity index (χ0n) is 6.34. The minimum Gasteiger partial charge on any atom is -0.396 e. The Bertz CT molecular complexity index is 131. The Morgan fingerprint density at radius 3 is 3.00 bits per heavy atom. The smallest absolute Gasteiger partial charge is 0.0462 e. The molecule has 1 aliphatic carbocycles. The number of aliphatic hydroxyl groups excluding tert-OH is 1. The van der Waals surface area contributed by atoms with E-state index >= 15 is 0 Å². The van der Waals surface area contributed by atoms with Crippen LogP contribution < -0.4 is 0 Å². The minimum atomic E-state index is 0.359. The van der Waals surface area contributed by atoms with E-state index in [1.165, 1.54) is 17.7 Å². The topological polar surface area (TPSA) is 20.2 Å². The summed E-state index contributed by atoms with van der Waals surface area (Å²) in [4.78, 5) is 1.49. The third kappa shape index (κ3) is 2.03. The van der Waals surface area contributed by atoms with Gasteiger partial charge in [0.25, 0.3) is 0 Å². The SMILES string of the molecule is CSC1=CCC(CO)CC1. The lowest BCUT2D eigenvalue weighted by molar-refractivity contribution is 0.217. The summed E-state index contributed by atoms with van der Waals surface area (Å²) >= 11 is 1.84. The Morgan fingerprint density at radius 1 is 1.80 bits per heavy atom. The maximum atomic E-state index is 8.81. The summed E-state index contributed by atoms with van der Waals surface area (Å²) < 4.78 is 0. The Kier molecular flexibility index (Phi) is 3.29. The van der Waals surface area contributed by atoms with Gasteiger partial charge in [0, 0.05) is 6.61 Å². The van der Waals surface area contributed by atoms with Crippen molar-refractivity contribution in [3.63, 3.8) is 0 Å². The molecule has 1 N–H and O–H groups in total. The van der Waals surface area contributed by atoms with Gasteiger partial charge in [-0.2, -0.15) is 0 Å². The standard InChI is InChI=1S/C8H14OS/c1-10-8-4-2-7(6-9)3-5-8/h4,7,9H,2-3,5-6H2,1H3. The summed E-state index contributed by atoms with van der Waals surface area (Å²) in [7, 11) is 0. The molecule has 1 nitrogen and oxygen atoms in total. The van der Waals surface area contributed by atoms with Crippen molar-refractivity contribution < 1.29 is 5.11 Å². The van der Waals surface area contributed by atoms with Gasteiger partial charge >= 0.3 is 0 Å². The first-order valence-electron chi connectivity index (χ1n) is 3.70. The van der Waals surface area contributed by atoms with E-state index in [2.05, 4.69) is 12.3 Å². The Labute approximate surface area is 66.5 Å². The summed E-state index contributed by atoms with van der Waals surface area (Å²) in [6.45, 7) is 0.359. The van der Waals surface area contributed by atoms with Crippen LogP contribution in [0.15, 0.2) is 11.0 Å². The van der Waals surface area contributed by atoms with E-state index in [1.807, 2.05) is 11.8 Å². The van der Waals surface area contributed by atoms with Crippen LogP contribution in [0.1, 0.15) is 19.3 Å². The van der Waals surface area contributed by atoms with E-state index < -0.39 is 0 Å². The van der Waals surface area contributed by atoms with Crippen LogP contribution in [0.3, 0.4) is 0 Å². The number of hydrogen-bond donors (Lipinski definition) is 1. The first-order valence-corrected chi connectivity index (χ1v) is 4.93. The van der Waals surface area contributed by atoms with Crippen LogP contribution in [0, 0.1) is 5.92 Å². The number of thioether (sulfide) groups is 1. The molecule has 1 aliphatic rings. The van der Waals surface area contributed by atoms with Gasteiger partial charge in [-0.3, -0.25) is 0 Å². The highest BCUT2D eigenvalue weighted by Gasteiger charge is 2.11. The maximum absolute atomic E-state index is 8.81. The predicted molar refractivity (Wildman–Crippen MR) is 46.0 cm³/mol. The fourth-order valence-corrected chi connectivity index (χ4v) is 1.80. The number of aliphatic hydroxyl groups is 1. The first-order chi connectivity index (χ1) is 4.86. The summed E-state index contributed by atoms with van der Waals surface area (Å²) in [5.74, 6) is 0.538. The van der Waals surface area contributed by atoms with Gasteiger partial charge in [0.15, 0.2) is 0 Å². The number of hydrogen-bond acceptors (Lipinski definition) is 2. The average Bonchev–Trinajstić information content (AvgIpc) is 2.05. The van der Waals surface area contributed by atoms with Gasteiger partial charge < -0.3 is 5.11 Å². The molecule has 1 rings (SSSR count). The highest BCUT2D eigenvalue weighted by Crippen LogP contribution is 2.28. The lowest BCUT2D eigenvalue weighted by Crippen LogP contribution is -2.08. The number of allylic oxidation sites excluding steroid dienone is 2. The van der Waals surface area contributed by atoms with Crippen molar-refractivity contribution in [2.75, 3.05) is 12.9 Å². The van der Waals surface area contributed by atoms with Crippen LogP contribution in [0.2, 0.25) is 0 Å². The zero-order valence-corrected chi connectivity index (χ0v) is 7.16. The van der Waals surface area contributed by atoms with E-state index in [1.54, 1.807) is 0 Å². The molecule has 0 saturated heterocycles. The zero-order chi connectivity index (χ0) is 7.40. The molecule has 2 heteroatoms. The predicted octanol–water partition coefficient (Wildman–Crippen LogP) is 2.03. The highest BCUT2D eigenvalue weighted by atomic mass is 32.2. The molecule has 10 heavy (non-hydrogen) atoms. The van der Waals surface area contributed by atoms with E-state index in [4.69, 9.17) is 5.11 Å². The van der Waals surface area contributed by atoms with Crippen molar-refractivity contribution in [1.29, 1.82) is 0 Å². The van der Waals surface area contributed by atoms with Gasteiger partial charge in [-0.25, -0.2) is 0 Å². The molecule has 0 heterocycles. The lowest BCUT2D eigenvalue weighted by Gasteiger charge is -2.18. The Morgan fingerprint density at radius 2 is 2.60 bits per heavy atom. The summed E-state index contributed by atoms with van der Waals surface area (Å²) in [6.07, 6.45) is 7.79. The normalized spacial score (nSPS) is 26.2. The van der Waals surface area contributed by atoms with Crippen molar-refractivity contribution in [2.45, 2.75) is 19.3 Å². The Hall–Kier alpha value is 0.0500. The highest BCUT2D eigenvalue weighted by molar-refractivity contribution is 8.02. The molecular formula is C8H14OS. The summed E-state index contributed by atoms with van der Waals surface area (Å²) in [6, 6.07) is 0. The maximum Gasteiger partial charge on any atom is 0.0462 e. The molecule has 0 aliphatic heterocycles. The van der Waals surface area contributed by atoms with Gasteiger partial charge in [-0.15, -0.1) is 11.8 Å². The third-order valence-electron chi connectivity index (χ3n) is 2.00. The molecule has 0 aromatic carbocycles. The molecular weight excluding hydrogens is 144 g/mol. The van der Waals surface area contributed by atoms with Crippen LogP contribution in [-0.2, 0) is 0 Å². The van der Waals surface area contributed by atoms with Crippen molar-refractivity contribution >= 4 is 11.8 Å². The van der Waals surface area contributed by atoms with Crippen molar-refractivity contribution in [2.24, 2.45) is 5.92 Å². The first kappa shape index (κ1) is 8.15. The van der Waals surface area contributed by atoms with Crippen LogP contribution in [0.25, 0.3) is 0 Å². The van der Waals surface area contributed by atoms with Crippen molar-refractivity contribution in [1.82, 2.24) is 0 Å². The van der Waals surface area contributed by atoms with E-state index in [0.717, 1.165) is 6.42 Å². The molecule has 0 saturated carbocycles.